The summed E-state index contributed by atoms with van der Waals surface area (Å²) < 4.78 is 10.4. The van der Waals surface area contributed by atoms with Gasteiger partial charge < -0.3 is 4.74 Å². The third-order valence-corrected chi connectivity index (χ3v) is 7.39. The Bertz CT molecular complexity index is 1160. The van der Waals surface area contributed by atoms with Crippen molar-refractivity contribution in [2.24, 2.45) is 0 Å². The number of ether oxygens (including phenoxy) is 1. The molecule has 2 aromatic carbocycles. The third-order valence-electron chi connectivity index (χ3n) is 6.25. The van der Waals surface area contributed by atoms with Crippen molar-refractivity contribution in [3.05, 3.63) is 52.2 Å². The van der Waals surface area contributed by atoms with E-state index in [1.165, 1.54) is 56.6 Å². The lowest BCUT2D eigenvalue weighted by Gasteiger charge is -2.27. The zero-order chi connectivity index (χ0) is 19.8. The summed E-state index contributed by atoms with van der Waals surface area (Å²) in [7, 11) is 1.71. The predicted octanol–water partition coefficient (Wildman–Crippen LogP) is 4.61. The van der Waals surface area contributed by atoms with Crippen LogP contribution in [-0.2, 0) is 6.54 Å². The second-order valence-corrected chi connectivity index (χ2v) is 9.16. The van der Waals surface area contributed by atoms with Gasteiger partial charge in [-0.2, -0.15) is 0 Å². The van der Waals surface area contributed by atoms with Crippen LogP contribution in [0.15, 0.2) is 41.2 Å². The first-order valence-electron chi connectivity index (χ1n) is 10.6. The Hall–Kier alpha value is -2.40. The predicted molar refractivity (Wildman–Crippen MR) is 121 cm³/mol. The van der Waals surface area contributed by atoms with Crippen molar-refractivity contribution in [1.82, 2.24) is 4.90 Å². The quantitative estimate of drug-likeness (QED) is 0.469. The molecule has 0 amide bonds. The monoisotopic (exact) mass is 407 g/mol. The van der Waals surface area contributed by atoms with E-state index in [4.69, 9.17) is 4.74 Å². The molecule has 4 nitrogen and oxygen atoms in total. The second-order valence-electron chi connectivity index (χ2n) is 8.08. The van der Waals surface area contributed by atoms with Crippen LogP contribution in [0.4, 0.5) is 0 Å². The molecule has 0 N–H and O–H groups in total. The highest BCUT2D eigenvalue weighted by molar-refractivity contribution is 7.24. The lowest BCUT2D eigenvalue weighted by atomic mass is 10.1. The first-order valence-corrected chi connectivity index (χ1v) is 11.4. The molecule has 0 saturated heterocycles. The molecule has 0 bridgehead atoms. The van der Waals surface area contributed by atoms with Crippen LogP contribution < -0.4 is 10.2 Å². The minimum absolute atomic E-state index is 0.0986. The number of methoxy groups -OCH3 is 1. The summed E-state index contributed by atoms with van der Waals surface area (Å²) in [5.74, 6) is 2.33. The molecule has 0 fully saturated rings. The molecule has 0 radical (unpaired) electrons. The summed E-state index contributed by atoms with van der Waals surface area (Å²) in [5.41, 5.74) is 1.27. The van der Waals surface area contributed by atoms with Crippen LogP contribution in [0.5, 0.6) is 5.75 Å². The topological polar surface area (TPSA) is 32.5 Å². The largest absolute Gasteiger partial charge is 0.496 e. The van der Waals surface area contributed by atoms with Crippen LogP contribution in [0.2, 0.25) is 0 Å². The standard InChI is InChI=1S/C24H27N2O2S/c1-28-20-15-19-22(29-21-9-5-4-8-18(21)24(19)27)14-17(20)16-26-13-7-12-25-11-6-2-3-10-23(25)26/h4-5,8-9,14-15H,2-3,6-7,10-13,16H2,1H3/q+1. The van der Waals surface area contributed by atoms with Gasteiger partial charge in [-0.15, -0.1) is 11.3 Å². The van der Waals surface area contributed by atoms with Gasteiger partial charge in [0.1, 0.15) is 12.3 Å². The first-order chi connectivity index (χ1) is 14.2. The number of nitrogens with zero attached hydrogens (tertiary/aromatic N) is 2. The Morgan fingerprint density at radius 1 is 1.03 bits per heavy atom. The van der Waals surface area contributed by atoms with E-state index in [0.717, 1.165) is 39.0 Å². The molecule has 5 rings (SSSR count). The maximum absolute atomic E-state index is 13.0. The minimum Gasteiger partial charge on any atom is -0.496 e. The van der Waals surface area contributed by atoms with Crippen molar-refractivity contribution >= 4 is 37.3 Å². The van der Waals surface area contributed by atoms with Crippen LogP contribution in [0.25, 0.3) is 20.2 Å². The second kappa shape index (κ2) is 7.79. The fourth-order valence-corrected chi connectivity index (χ4v) is 5.91. The van der Waals surface area contributed by atoms with Crippen molar-refractivity contribution in [3.63, 3.8) is 0 Å². The van der Waals surface area contributed by atoms with Crippen LogP contribution in [0.3, 0.4) is 0 Å². The van der Waals surface area contributed by atoms with E-state index in [1.807, 2.05) is 30.3 Å². The van der Waals surface area contributed by atoms with Crippen molar-refractivity contribution < 1.29 is 9.31 Å². The molecule has 0 saturated carbocycles. The summed E-state index contributed by atoms with van der Waals surface area (Å²) >= 11 is 1.70. The van der Waals surface area contributed by atoms with Gasteiger partial charge in [-0.1, -0.05) is 12.1 Å². The van der Waals surface area contributed by atoms with E-state index < -0.39 is 0 Å². The molecule has 0 aliphatic carbocycles. The van der Waals surface area contributed by atoms with Gasteiger partial charge in [-0.3, -0.25) is 14.3 Å². The minimum atomic E-state index is 0.0986. The lowest BCUT2D eigenvalue weighted by Crippen LogP contribution is -2.43. The molecule has 0 spiro atoms. The van der Waals surface area contributed by atoms with Gasteiger partial charge in [0, 0.05) is 38.6 Å². The van der Waals surface area contributed by atoms with Gasteiger partial charge in [-0.25, -0.2) is 0 Å². The average molecular weight is 408 g/mol. The van der Waals surface area contributed by atoms with Crippen LogP contribution >= 0.6 is 11.3 Å². The van der Waals surface area contributed by atoms with Crippen molar-refractivity contribution in [1.29, 1.82) is 0 Å². The molecule has 5 heteroatoms. The Kier molecular flexibility index (Phi) is 5.00. The Morgan fingerprint density at radius 3 is 2.79 bits per heavy atom. The van der Waals surface area contributed by atoms with Gasteiger partial charge in [0.15, 0.2) is 5.43 Å². The van der Waals surface area contributed by atoms with Gasteiger partial charge in [0.2, 0.25) is 5.84 Å². The normalized spacial score (nSPS) is 17.5. The third kappa shape index (κ3) is 3.42. The number of hydrogen-bond acceptors (Lipinski definition) is 4. The Morgan fingerprint density at radius 2 is 1.90 bits per heavy atom. The van der Waals surface area contributed by atoms with Crippen LogP contribution in [0, 0.1) is 0 Å². The van der Waals surface area contributed by atoms with Gasteiger partial charge in [-0.05, 0) is 43.5 Å². The molecule has 3 aromatic rings. The average Bonchev–Trinajstić information content (AvgIpc) is 3.00. The highest BCUT2D eigenvalue weighted by Gasteiger charge is 2.29. The van der Waals surface area contributed by atoms with Gasteiger partial charge in [0.05, 0.1) is 26.7 Å². The van der Waals surface area contributed by atoms with E-state index in [0.29, 0.717) is 0 Å². The number of amidine groups is 1. The van der Waals surface area contributed by atoms with E-state index in [2.05, 4.69) is 15.5 Å². The maximum atomic E-state index is 13.0. The summed E-state index contributed by atoms with van der Waals surface area (Å²) in [4.78, 5) is 15.6. The first kappa shape index (κ1) is 18.6. The van der Waals surface area contributed by atoms with Crippen LogP contribution in [0.1, 0.15) is 37.7 Å². The summed E-state index contributed by atoms with van der Waals surface area (Å²) in [5, 5.41) is 1.55. The Balaban J connectivity index is 1.59. The summed E-state index contributed by atoms with van der Waals surface area (Å²) in [6.45, 7) is 4.32. The van der Waals surface area contributed by atoms with E-state index in [9.17, 15) is 4.79 Å². The Labute approximate surface area is 175 Å². The highest BCUT2D eigenvalue weighted by atomic mass is 32.1. The maximum Gasteiger partial charge on any atom is 0.247 e. The van der Waals surface area contributed by atoms with Crippen molar-refractivity contribution in [3.8, 4) is 5.75 Å². The summed E-state index contributed by atoms with van der Waals surface area (Å²) in [6, 6.07) is 12.0. The number of benzene rings is 2. The smallest absolute Gasteiger partial charge is 0.247 e. The molecule has 1 aromatic heterocycles. The summed E-state index contributed by atoms with van der Waals surface area (Å²) in [6.07, 6.45) is 6.29. The van der Waals surface area contributed by atoms with Gasteiger partial charge in [0.25, 0.3) is 0 Å². The lowest BCUT2D eigenvalue weighted by molar-refractivity contribution is -0.539. The van der Waals surface area contributed by atoms with E-state index >= 15 is 0 Å². The van der Waals surface area contributed by atoms with Crippen LogP contribution in [-0.4, -0.2) is 42.1 Å². The highest BCUT2D eigenvalue weighted by Crippen LogP contribution is 2.31. The SMILES string of the molecule is COc1cc2c(=O)c3ccccc3sc2cc1CN1CCC[N+]2=C1CCCCC2. The molecule has 29 heavy (non-hydrogen) atoms. The molecule has 3 heterocycles. The number of rotatable bonds is 3. The molecule has 2 aliphatic rings. The molecule has 2 aliphatic heterocycles. The molecule has 0 atom stereocenters. The molecule has 0 unspecified atom stereocenters. The zero-order valence-corrected chi connectivity index (χ0v) is 17.8. The fourth-order valence-electron chi connectivity index (χ4n) is 4.79. The van der Waals surface area contributed by atoms with E-state index in [-0.39, 0.29) is 5.43 Å². The fraction of sp³-hybridized carbons (Fsp3) is 0.417. The number of hydrogen-bond donors (Lipinski definition) is 0. The van der Waals surface area contributed by atoms with Gasteiger partial charge >= 0.3 is 0 Å². The van der Waals surface area contributed by atoms with Crippen molar-refractivity contribution in [2.45, 2.75) is 38.6 Å². The number of fused-ring (bicyclic) bond motifs is 2. The zero-order valence-electron chi connectivity index (χ0n) is 16.9. The van der Waals surface area contributed by atoms with Crippen molar-refractivity contribution in [2.75, 3.05) is 26.7 Å². The molecule has 150 valence electrons. The molecular weight excluding hydrogens is 380 g/mol. The molecular formula is C24H27N2O2S+. The van der Waals surface area contributed by atoms with E-state index in [1.54, 1.807) is 18.4 Å².